The van der Waals surface area contributed by atoms with Crippen LogP contribution in [0.1, 0.15) is 44.9 Å². The average molecular weight is 691 g/mol. The first kappa shape index (κ1) is 37.6. The van der Waals surface area contributed by atoms with Crippen molar-refractivity contribution in [2.45, 2.75) is 57.5 Å². The summed E-state index contributed by atoms with van der Waals surface area (Å²) in [5, 5.41) is 13.3. The van der Waals surface area contributed by atoms with Gasteiger partial charge in [-0.25, -0.2) is 19.1 Å². The van der Waals surface area contributed by atoms with E-state index in [4.69, 9.17) is 25.2 Å². The second kappa shape index (κ2) is 16.3. The van der Waals surface area contributed by atoms with Crippen molar-refractivity contribution in [3.8, 4) is 11.5 Å². The maximum absolute atomic E-state index is 13.9. The number of benzene rings is 3. The molecule has 0 aliphatic heterocycles. The van der Waals surface area contributed by atoms with Crippen LogP contribution in [0.15, 0.2) is 84.0 Å². The van der Waals surface area contributed by atoms with Gasteiger partial charge in [-0.15, -0.1) is 0 Å². The Bertz CT molecular complexity index is 1840. The third-order valence-corrected chi connectivity index (χ3v) is 8.61. The molecule has 0 bridgehead atoms. The number of halogens is 3. The van der Waals surface area contributed by atoms with Gasteiger partial charge < -0.3 is 19.9 Å². The first-order valence-corrected chi connectivity index (χ1v) is 16.4. The van der Waals surface area contributed by atoms with Gasteiger partial charge in [0.05, 0.1) is 29.0 Å². The standard InChI is InChI=1S/C31H36N4O5S.C2HF3O2/c1-5-39-28-18-23(12-14-27(28)40-21(3)4)30(35(32)26-13-11-24-19-33-16-15-22(24)17-26)31(36)34-20-25-9-7-8-10-29(25)41(37,38)6-2;3-2(4,5)1(6)7/h7-19,21,30H,5-6,20,32H2,1-4H3,(H,34,36);(H,6,7). The van der Waals surface area contributed by atoms with Gasteiger partial charge in [0.25, 0.3) is 0 Å². The number of aromatic nitrogens is 1. The highest BCUT2D eigenvalue weighted by Crippen LogP contribution is 2.35. The minimum absolute atomic E-state index is 0.00876. The molecule has 3 aromatic carbocycles. The van der Waals surface area contributed by atoms with Crippen LogP contribution >= 0.6 is 0 Å². The van der Waals surface area contributed by atoms with Crippen LogP contribution in [-0.4, -0.2) is 55.0 Å². The molecule has 1 unspecified atom stereocenters. The molecule has 0 saturated heterocycles. The summed E-state index contributed by atoms with van der Waals surface area (Å²) in [5.74, 6) is 4.53. The Hall–Kier alpha value is -4.89. The number of rotatable bonds is 12. The lowest BCUT2D eigenvalue weighted by Gasteiger charge is -2.30. The predicted octanol–water partition coefficient (Wildman–Crippen LogP) is 5.59. The highest BCUT2D eigenvalue weighted by Gasteiger charge is 2.38. The van der Waals surface area contributed by atoms with E-state index in [9.17, 15) is 26.4 Å². The molecule has 1 heterocycles. The molecule has 1 atom stereocenters. The second-order valence-corrected chi connectivity index (χ2v) is 12.8. The number of anilines is 1. The fraction of sp³-hybridized carbons (Fsp3) is 0.303. The fourth-order valence-corrected chi connectivity index (χ4v) is 5.66. The largest absolute Gasteiger partial charge is 0.490 e. The van der Waals surface area contributed by atoms with E-state index in [1.165, 1.54) is 5.01 Å². The van der Waals surface area contributed by atoms with Crippen molar-refractivity contribution >= 4 is 38.2 Å². The lowest BCUT2D eigenvalue weighted by Crippen LogP contribution is -2.44. The highest BCUT2D eigenvalue weighted by molar-refractivity contribution is 7.91. The van der Waals surface area contributed by atoms with E-state index < -0.39 is 33.9 Å². The number of nitrogens with one attached hydrogen (secondary N) is 1. The number of hydrazine groups is 1. The number of ether oxygens (including phenoxy) is 2. The molecule has 15 heteroatoms. The molecule has 1 aromatic heterocycles. The zero-order valence-corrected chi connectivity index (χ0v) is 27.5. The third-order valence-electron chi connectivity index (χ3n) is 6.78. The molecule has 11 nitrogen and oxygen atoms in total. The smallest absolute Gasteiger partial charge is 0.490 e. The van der Waals surface area contributed by atoms with Crippen LogP contribution in [0.3, 0.4) is 0 Å². The number of nitrogens with two attached hydrogens (primary N) is 1. The van der Waals surface area contributed by atoms with Crippen LogP contribution in [0.25, 0.3) is 10.8 Å². The van der Waals surface area contributed by atoms with Crippen LogP contribution in [0.2, 0.25) is 0 Å². The van der Waals surface area contributed by atoms with E-state index >= 15 is 0 Å². The minimum atomic E-state index is -5.08. The molecule has 0 spiro atoms. The van der Waals surface area contributed by atoms with Crippen LogP contribution in [0, 0.1) is 0 Å². The van der Waals surface area contributed by atoms with Crippen LogP contribution in [0.5, 0.6) is 11.5 Å². The molecular weight excluding hydrogens is 653 g/mol. The monoisotopic (exact) mass is 690 g/mol. The first-order valence-electron chi connectivity index (χ1n) is 14.8. The van der Waals surface area contributed by atoms with Gasteiger partial charge in [-0.3, -0.25) is 14.8 Å². The Kier molecular flexibility index (Phi) is 12.7. The molecule has 4 rings (SSSR count). The Morgan fingerprint density at radius 1 is 1.00 bits per heavy atom. The Morgan fingerprint density at radius 3 is 2.31 bits per heavy atom. The van der Waals surface area contributed by atoms with E-state index in [0.717, 1.165) is 10.8 Å². The maximum atomic E-state index is 13.9. The van der Waals surface area contributed by atoms with Gasteiger partial charge >= 0.3 is 12.1 Å². The number of carboxylic acids is 1. The van der Waals surface area contributed by atoms with E-state index in [1.807, 2.05) is 45.0 Å². The van der Waals surface area contributed by atoms with Crippen molar-refractivity contribution < 1.29 is 45.8 Å². The average Bonchev–Trinajstić information content (AvgIpc) is 3.04. The lowest BCUT2D eigenvalue weighted by atomic mass is 10.0. The third kappa shape index (κ3) is 9.81. The number of amides is 1. The van der Waals surface area contributed by atoms with Gasteiger partial charge in [0.15, 0.2) is 21.3 Å². The summed E-state index contributed by atoms with van der Waals surface area (Å²) in [4.78, 5) is 27.1. The van der Waals surface area contributed by atoms with Crippen LogP contribution < -0.4 is 25.6 Å². The van der Waals surface area contributed by atoms with Crippen molar-refractivity contribution in [1.29, 1.82) is 0 Å². The molecule has 0 saturated carbocycles. The zero-order chi connectivity index (χ0) is 35.6. The van der Waals surface area contributed by atoms with E-state index in [2.05, 4.69) is 10.3 Å². The number of carbonyl (C=O) groups is 2. The highest BCUT2D eigenvalue weighted by atomic mass is 32.2. The van der Waals surface area contributed by atoms with Crippen LogP contribution in [0.4, 0.5) is 18.9 Å². The Labute approximate surface area is 276 Å². The number of carbonyl (C=O) groups excluding carboxylic acids is 1. The minimum Gasteiger partial charge on any atom is -0.490 e. The number of pyridine rings is 1. The quantitative estimate of drug-likeness (QED) is 0.126. The number of fused-ring (bicyclic) bond motifs is 1. The fourth-order valence-electron chi connectivity index (χ4n) is 4.52. The van der Waals surface area contributed by atoms with Crippen LogP contribution in [-0.2, 0) is 26.0 Å². The molecule has 0 radical (unpaired) electrons. The number of carboxylic acid groups (broad SMARTS) is 1. The summed E-state index contributed by atoms with van der Waals surface area (Å²) in [6, 6.07) is 18.5. The molecule has 4 N–H and O–H groups in total. The van der Waals surface area contributed by atoms with E-state index in [1.54, 1.807) is 61.8 Å². The van der Waals surface area contributed by atoms with Gasteiger partial charge in [0.2, 0.25) is 5.91 Å². The van der Waals surface area contributed by atoms with Gasteiger partial charge in [0.1, 0.15) is 6.04 Å². The van der Waals surface area contributed by atoms with Gasteiger partial charge in [-0.2, -0.15) is 13.2 Å². The summed E-state index contributed by atoms with van der Waals surface area (Å²) in [7, 11) is -3.48. The number of alkyl halides is 3. The van der Waals surface area contributed by atoms with Crippen molar-refractivity contribution in [1.82, 2.24) is 10.3 Å². The van der Waals surface area contributed by atoms with Crippen molar-refractivity contribution in [2.24, 2.45) is 5.84 Å². The summed E-state index contributed by atoms with van der Waals surface area (Å²) >= 11 is 0. The van der Waals surface area contributed by atoms with E-state index in [0.29, 0.717) is 34.9 Å². The zero-order valence-electron chi connectivity index (χ0n) is 26.7. The first-order chi connectivity index (χ1) is 22.6. The van der Waals surface area contributed by atoms with Crippen molar-refractivity contribution in [3.05, 3.63) is 90.3 Å². The molecule has 258 valence electrons. The number of nitrogens with zero attached hydrogens (tertiary/aromatic N) is 2. The molecule has 1 amide bonds. The Morgan fingerprint density at radius 2 is 1.69 bits per heavy atom. The summed E-state index contributed by atoms with van der Waals surface area (Å²) in [6.07, 6.45) is -1.70. The number of aliphatic carboxylic acids is 1. The maximum Gasteiger partial charge on any atom is 0.490 e. The molecule has 0 fully saturated rings. The molecule has 0 aliphatic rings. The normalized spacial score (nSPS) is 12.1. The lowest BCUT2D eigenvalue weighted by molar-refractivity contribution is -0.192. The number of hydrogen-bond donors (Lipinski definition) is 3. The molecule has 48 heavy (non-hydrogen) atoms. The second-order valence-electron chi connectivity index (χ2n) is 10.6. The number of sulfone groups is 1. The predicted molar refractivity (Wildman–Crippen MR) is 174 cm³/mol. The summed E-state index contributed by atoms with van der Waals surface area (Å²) in [5.41, 5.74) is 1.69. The van der Waals surface area contributed by atoms with Gasteiger partial charge in [0, 0.05) is 24.3 Å². The topological polar surface area (TPSA) is 161 Å². The molecule has 0 aliphatic carbocycles. The van der Waals surface area contributed by atoms with Gasteiger partial charge in [-0.1, -0.05) is 37.3 Å². The van der Waals surface area contributed by atoms with Crippen molar-refractivity contribution in [3.63, 3.8) is 0 Å². The SMILES string of the molecule is CCOc1cc(C(C(=O)NCc2ccccc2S(=O)(=O)CC)N(N)c2ccc3cnccc3c2)ccc1OC(C)C.O=C(O)C(F)(F)F. The summed E-state index contributed by atoms with van der Waals surface area (Å²) in [6.45, 7) is 7.73. The molecule has 4 aromatic rings. The number of hydrogen-bond acceptors (Lipinski definition) is 9. The molecular formula is C33H37F3N4O7S. The Balaban J connectivity index is 0.000000804. The summed E-state index contributed by atoms with van der Waals surface area (Å²) < 4.78 is 68.8. The van der Waals surface area contributed by atoms with Gasteiger partial charge in [-0.05, 0) is 73.7 Å². The van der Waals surface area contributed by atoms with E-state index in [-0.39, 0.29) is 23.3 Å². The van der Waals surface area contributed by atoms with Crippen molar-refractivity contribution in [2.75, 3.05) is 17.4 Å².